The first-order valence-corrected chi connectivity index (χ1v) is 8.82. The molecular weight excluding hydrogens is 328 g/mol. The van der Waals surface area contributed by atoms with Crippen LogP contribution in [0, 0.1) is 0 Å². The minimum atomic E-state index is -4.25. The van der Waals surface area contributed by atoms with Crippen molar-refractivity contribution in [1.82, 2.24) is 9.88 Å². The van der Waals surface area contributed by atoms with Gasteiger partial charge in [0.15, 0.2) is 0 Å². The smallest absolute Gasteiger partial charge is 0.294 e. The van der Waals surface area contributed by atoms with Crippen molar-refractivity contribution in [1.29, 1.82) is 0 Å². The average Bonchev–Trinajstić information content (AvgIpc) is 2.94. The zero-order valence-electron chi connectivity index (χ0n) is 12.9. The molecule has 0 aliphatic heterocycles. The second-order valence-electron chi connectivity index (χ2n) is 5.25. The number of hydrogen-bond donors (Lipinski definition) is 2. The molecule has 2 N–H and O–H groups in total. The van der Waals surface area contributed by atoms with E-state index in [1.807, 2.05) is 31.2 Å². The van der Waals surface area contributed by atoms with E-state index in [4.69, 9.17) is 4.55 Å². The molecule has 0 bridgehead atoms. The third kappa shape index (κ3) is 2.91. The highest BCUT2D eigenvalue weighted by Crippen LogP contribution is 2.25. The molecule has 1 amide bonds. The number of benzene rings is 2. The largest absolute Gasteiger partial charge is 0.351 e. The number of hydrogen-bond acceptors (Lipinski definition) is 3. The lowest BCUT2D eigenvalue weighted by molar-refractivity contribution is 0.0949. The van der Waals surface area contributed by atoms with Crippen LogP contribution in [-0.2, 0) is 10.1 Å². The van der Waals surface area contributed by atoms with Crippen LogP contribution >= 0.6 is 0 Å². The molecule has 0 aliphatic rings. The van der Waals surface area contributed by atoms with Crippen LogP contribution < -0.4 is 5.32 Å². The van der Waals surface area contributed by atoms with E-state index in [2.05, 4.69) is 5.32 Å². The molecule has 0 saturated carbocycles. The zero-order chi connectivity index (χ0) is 17.3. The van der Waals surface area contributed by atoms with Crippen LogP contribution in [0.4, 0.5) is 0 Å². The lowest BCUT2D eigenvalue weighted by atomic mass is 10.2. The van der Waals surface area contributed by atoms with Gasteiger partial charge in [0, 0.05) is 17.6 Å². The topological polar surface area (TPSA) is 88.4 Å². The van der Waals surface area contributed by atoms with Gasteiger partial charge in [0.2, 0.25) is 0 Å². The summed E-state index contributed by atoms with van der Waals surface area (Å²) in [6.45, 7) is 2.34. The van der Waals surface area contributed by atoms with E-state index in [1.165, 1.54) is 12.1 Å². The minimum absolute atomic E-state index is 0.192. The molecule has 0 aliphatic carbocycles. The summed E-state index contributed by atoms with van der Waals surface area (Å²) in [5, 5.41) is 3.67. The lowest BCUT2D eigenvalue weighted by Gasteiger charge is -2.11. The third-order valence-electron chi connectivity index (χ3n) is 3.67. The molecule has 3 aromatic rings. The van der Waals surface area contributed by atoms with Crippen molar-refractivity contribution in [3.8, 4) is 5.69 Å². The number of carbonyl (C=O) groups excluding carboxylic acids is 1. The highest BCUT2D eigenvalue weighted by molar-refractivity contribution is 7.85. The number of amides is 1. The number of rotatable bonds is 4. The number of fused-ring (bicyclic) bond motifs is 1. The molecule has 124 valence electrons. The van der Waals surface area contributed by atoms with Crippen LogP contribution in [-0.4, -0.2) is 30.0 Å². The molecule has 6 nitrogen and oxygen atoms in total. The van der Waals surface area contributed by atoms with Gasteiger partial charge in [0.05, 0.1) is 10.4 Å². The molecule has 1 heterocycles. The Labute approximate surface area is 139 Å². The average molecular weight is 344 g/mol. The summed E-state index contributed by atoms with van der Waals surface area (Å²) in [4.78, 5) is 12.2. The third-order valence-corrected chi connectivity index (χ3v) is 4.54. The van der Waals surface area contributed by atoms with Gasteiger partial charge in [-0.3, -0.25) is 9.35 Å². The Morgan fingerprint density at radius 1 is 1.12 bits per heavy atom. The van der Waals surface area contributed by atoms with E-state index in [1.54, 1.807) is 22.8 Å². The van der Waals surface area contributed by atoms with Gasteiger partial charge in [-0.05, 0) is 43.3 Å². The van der Waals surface area contributed by atoms with Crippen molar-refractivity contribution in [3.05, 3.63) is 60.3 Å². The highest BCUT2D eigenvalue weighted by atomic mass is 32.2. The highest BCUT2D eigenvalue weighted by Gasteiger charge is 2.17. The summed E-state index contributed by atoms with van der Waals surface area (Å²) < 4.78 is 33.2. The van der Waals surface area contributed by atoms with Gasteiger partial charge in [0.25, 0.3) is 16.0 Å². The molecule has 1 aromatic heterocycles. The number of nitrogens with one attached hydrogen (secondary N) is 1. The Hall–Kier alpha value is -2.64. The first kappa shape index (κ1) is 16.2. The summed E-state index contributed by atoms with van der Waals surface area (Å²) >= 11 is 0. The fraction of sp³-hybridized carbons (Fsp3) is 0.118. The van der Waals surface area contributed by atoms with E-state index in [-0.39, 0.29) is 10.8 Å². The number of para-hydroxylation sites is 1. The Balaban J connectivity index is 2.20. The Bertz CT molecular complexity index is 1000. The normalized spacial score (nSPS) is 11.6. The van der Waals surface area contributed by atoms with Gasteiger partial charge >= 0.3 is 0 Å². The van der Waals surface area contributed by atoms with Gasteiger partial charge in [-0.1, -0.05) is 18.2 Å². The number of aromatic nitrogens is 1. The fourth-order valence-electron chi connectivity index (χ4n) is 2.62. The fourth-order valence-corrected chi connectivity index (χ4v) is 3.10. The summed E-state index contributed by atoms with van der Waals surface area (Å²) in [5.74, 6) is -0.215. The Kier molecular flexibility index (Phi) is 4.13. The molecule has 0 spiro atoms. The molecule has 2 aromatic carbocycles. The predicted molar refractivity (Wildman–Crippen MR) is 91.1 cm³/mol. The van der Waals surface area contributed by atoms with Crippen molar-refractivity contribution in [3.63, 3.8) is 0 Å². The molecule has 0 unspecified atom stereocenters. The van der Waals surface area contributed by atoms with Gasteiger partial charge in [-0.25, -0.2) is 0 Å². The lowest BCUT2D eigenvalue weighted by Crippen LogP contribution is -2.25. The number of carbonyl (C=O) groups is 1. The van der Waals surface area contributed by atoms with Gasteiger partial charge < -0.3 is 9.88 Å². The Morgan fingerprint density at radius 2 is 1.79 bits per heavy atom. The van der Waals surface area contributed by atoms with Crippen molar-refractivity contribution in [2.75, 3.05) is 6.54 Å². The summed E-state index contributed by atoms with van der Waals surface area (Å²) in [7, 11) is -4.25. The summed E-state index contributed by atoms with van der Waals surface area (Å²) in [6.07, 6.45) is 0. The van der Waals surface area contributed by atoms with E-state index < -0.39 is 10.1 Å². The van der Waals surface area contributed by atoms with Gasteiger partial charge in [0.1, 0.15) is 5.69 Å². The monoisotopic (exact) mass is 344 g/mol. The maximum absolute atomic E-state index is 12.4. The van der Waals surface area contributed by atoms with Crippen LogP contribution in [0.3, 0.4) is 0 Å². The molecular formula is C17H16N2O4S. The standard InChI is InChI=1S/C17H16N2O4S/c1-2-18-17(20)16-11-12-5-3-4-6-15(12)19(16)13-7-9-14(10-8-13)24(21,22)23/h3-11H,2H2,1H3,(H,18,20)(H,21,22,23). The quantitative estimate of drug-likeness (QED) is 0.712. The molecule has 3 rings (SSSR count). The van der Waals surface area contributed by atoms with Crippen molar-refractivity contribution >= 4 is 26.9 Å². The maximum atomic E-state index is 12.4. The van der Waals surface area contributed by atoms with Crippen LogP contribution in [0.2, 0.25) is 0 Å². The summed E-state index contributed by atoms with van der Waals surface area (Å²) in [5.41, 5.74) is 1.92. The van der Waals surface area contributed by atoms with Gasteiger partial charge in [-0.2, -0.15) is 8.42 Å². The second-order valence-corrected chi connectivity index (χ2v) is 6.67. The number of nitrogens with zero attached hydrogens (tertiary/aromatic N) is 1. The van der Waals surface area contributed by atoms with Crippen molar-refractivity contribution in [2.24, 2.45) is 0 Å². The molecule has 0 fully saturated rings. The van der Waals surface area contributed by atoms with Crippen molar-refractivity contribution < 1.29 is 17.8 Å². The Morgan fingerprint density at radius 3 is 2.42 bits per heavy atom. The van der Waals surface area contributed by atoms with Crippen LogP contribution in [0.15, 0.2) is 59.5 Å². The molecule has 24 heavy (non-hydrogen) atoms. The zero-order valence-corrected chi connectivity index (χ0v) is 13.7. The summed E-state index contributed by atoms with van der Waals surface area (Å²) in [6, 6.07) is 15.0. The molecule has 0 atom stereocenters. The van der Waals surface area contributed by atoms with Gasteiger partial charge in [-0.15, -0.1) is 0 Å². The maximum Gasteiger partial charge on any atom is 0.294 e. The predicted octanol–water partition coefficient (Wildman–Crippen LogP) is 2.63. The second kappa shape index (κ2) is 6.10. The van der Waals surface area contributed by atoms with Crippen LogP contribution in [0.5, 0.6) is 0 Å². The van der Waals surface area contributed by atoms with E-state index in [9.17, 15) is 13.2 Å². The minimum Gasteiger partial charge on any atom is -0.351 e. The van der Waals surface area contributed by atoms with Crippen LogP contribution in [0.25, 0.3) is 16.6 Å². The van der Waals surface area contributed by atoms with E-state index >= 15 is 0 Å². The SMILES string of the molecule is CCNC(=O)c1cc2ccccc2n1-c1ccc(S(=O)(=O)O)cc1. The van der Waals surface area contributed by atoms with Crippen molar-refractivity contribution in [2.45, 2.75) is 11.8 Å². The van der Waals surface area contributed by atoms with E-state index in [0.29, 0.717) is 17.9 Å². The molecule has 7 heteroatoms. The molecule has 0 saturated heterocycles. The van der Waals surface area contributed by atoms with E-state index in [0.717, 1.165) is 10.9 Å². The first-order chi connectivity index (χ1) is 11.4. The first-order valence-electron chi connectivity index (χ1n) is 7.38. The van der Waals surface area contributed by atoms with Crippen LogP contribution in [0.1, 0.15) is 17.4 Å². The molecule has 0 radical (unpaired) electrons.